The maximum atomic E-state index is 5.59. The largest absolute Gasteiger partial charge is 0.478 e. The van der Waals surface area contributed by atoms with E-state index in [1.807, 2.05) is 12.3 Å². The molecule has 0 unspecified atom stereocenters. The highest BCUT2D eigenvalue weighted by atomic mass is 16.5. The topological polar surface area (TPSA) is 25.4 Å². The zero-order chi connectivity index (χ0) is 12.9. The van der Waals surface area contributed by atoms with Crippen LogP contribution >= 0.6 is 0 Å². The van der Waals surface area contributed by atoms with Crippen molar-refractivity contribution in [3.63, 3.8) is 0 Å². The summed E-state index contributed by atoms with van der Waals surface area (Å²) in [6.07, 6.45) is 2.93. The first-order valence-corrected chi connectivity index (χ1v) is 6.13. The van der Waals surface area contributed by atoms with E-state index in [-0.39, 0.29) is 5.41 Å². The minimum atomic E-state index is 0.149. The monoisotopic (exact) mass is 236 g/mol. The third kappa shape index (κ3) is 5.18. The Labute approximate surface area is 105 Å². The molecule has 1 aromatic heterocycles. The molecule has 1 rings (SSSR count). The van der Waals surface area contributed by atoms with Gasteiger partial charge in [-0.3, -0.25) is 0 Å². The lowest BCUT2D eigenvalue weighted by Crippen LogP contribution is -2.16. The van der Waals surface area contributed by atoms with E-state index in [4.69, 9.17) is 4.74 Å². The van der Waals surface area contributed by atoms with Gasteiger partial charge in [-0.2, -0.15) is 0 Å². The van der Waals surface area contributed by atoms with E-state index in [1.165, 1.54) is 5.56 Å². The second-order valence-corrected chi connectivity index (χ2v) is 5.64. The van der Waals surface area contributed by atoms with Crippen LogP contribution in [0.5, 0.6) is 5.88 Å². The van der Waals surface area contributed by atoms with Crippen molar-refractivity contribution >= 4 is 0 Å². The first-order valence-electron chi connectivity index (χ1n) is 6.13. The fraction of sp³-hybridized carbons (Fsp3) is 0.643. The maximum Gasteiger partial charge on any atom is 0.213 e. The Morgan fingerprint density at radius 2 is 1.94 bits per heavy atom. The summed E-state index contributed by atoms with van der Waals surface area (Å²) in [5, 5.41) is 0. The molecule has 0 aliphatic carbocycles. The van der Waals surface area contributed by atoms with Crippen molar-refractivity contribution < 1.29 is 4.74 Å². The van der Waals surface area contributed by atoms with Crippen LogP contribution in [-0.4, -0.2) is 37.1 Å². The number of hydrogen-bond donors (Lipinski definition) is 0. The van der Waals surface area contributed by atoms with Gasteiger partial charge in [0.15, 0.2) is 0 Å². The molecule has 0 saturated heterocycles. The van der Waals surface area contributed by atoms with Gasteiger partial charge in [0.25, 0.3) is 0 Å². The van der Waals surface area contributed by atoms with E-state index in [0.29, 0.717) is 0 Å². The van der Waals surface area contributed by atoms with Gasteiger partial charge in [-0.1, -0.05) is 26.8 Å². The van der Waals surface area contributed by atoms with Crippen LogP contribution in [0.4, 0.5) is 0 Å². The smallest absolute Gasteiger partial charge is 0.213 e. The maximum absolute atomic E-state index is 5.59. The second-order valence-electron chi connectivity index (χ2n) is 5.64. The molecule has 0 aliphatic rings. The lowest BCUT2D eigenvalue weighted by atomic mass is 9.88. The standard InChI is InChI=1S/C14H24N2O/c1-14(2,3)12-7-8-13(15-11-12)17-10-6-9-16(4)5/h7-8,11H,6,9-10H2,1-5H3. The molecule has 17 heavy (non-hydrogen) atoms. The minimum Gasteiger partial charge on any atom is -0.478 e. The summed E-state index contributed by atoms with van der Waals surface area (Å²) in [5.41, 5.74) is 1.38. The summed E-state index contributed by atoms with van der Waals surface area (Å²) in [6, 6.07) is 4.05. The lowest BCUT2D eigenvalue weighted by molar-refractivity contribution is 0.273. The van der Waals surface area contributed by atoms with Crippen molar-refractivity contribution in [1.82, 2.24) is 9.88 Å². The third-order valence-electron chi connectivity index (χ3n) is 2.60. The summed E-state index contributed by atoms with van der Waals surface area (Å²) in [7, 11) is 4.13. The van der Waals surface area contributed by atoms with Crippen molar-refractivity contribution in [3.05, 3.63) is 23.9 Å². The molecule has 0 aliphatic heterocycles. The number of pyridine rings is 1. The molecule has 0 aromatic carbocycles. The zero-order valence-electron chi connectivity index (χ0n) is 11.7. The van der Waals surface area contributed by atoms with Crippen LogP contribution in [0.3, 0.4) is 0 Å². The lowest BCUT2D eigenvalue weighted by Gasteiger charge is -2.18. The average molecular weight is 236 g/mol. The SMILES string of the molecule is CN(C)CCCOc1ccc(C(C)(C)C)cn1. The molecule has 0 amide bonds. The van der Waals surface area contributed by atoms with Crippen molar-refractivity contribution in [2.45, 2.75) is 32.6 Å². The highest BCUT2D eigenvalue weighted by Gasteiger charge is 2.13. The summed E-state index contributed by atoms with van der Waals surface area (Å²) < 4.78 is 5.59. The normalized spacial score (nSPS) is 11.9. The van der Waals surface area contributed by atoms with Crippen LogP contribution in [0.1, 0.15) is 32.8 Å². The Hall–Kier alpha value is -1.09. The van der Waals surface area contributed by atoms with Crippen LogP contribution in [0, 0.1) is 0 Å². The molecule has 1 heterocycles. The van der Waals surface area contributed by atoms with Crippen LogP contribution in [0.2, 0.25) is 0 Å². The van der Waals surface area contributed by atoms with E-state index >= 15 is 0 Å². The van der Waals surface area contributed by atoms with Crippen molar-refractivity contribution in [2.75, 3.05) is 27.2 Å². The Balaban J connectivity index is 2.41. The van der Waals surface area contributed by atoms with E-state index in [0.717, 1.165) is 25.5 Å². The fourth-order valence-corrected chi connectivity index (χ4v) is 1.47. The molecule has 3 heteroatoms. The minimum absolute atomic E-state index is 0.149. The van der Waals surface area contributed by atoms with Gasteiger partial charge in [-0.25, -0.2) is 4.98 Å². The summed E-state index contributed by atoms with van der Waals surface area (Å²) in [4.78, 5) is 6.48. The molecule has 0 spiro atoms. The Morgan fingerprint density at radius 1 is 1.24 bits per heavy atom. The van der Waals surface area contributed by atoms with Crippen LogP contribution in [0.25, 0.3) is 0 Å². The number of hydrogen-bond acceptors (Lipinski definition) is 3. The summed E-state index contributed by atoms with van der Waals surface area (Å²) in [6.45, 7) is 8.31. The highest BCUT2D eigenvalue weighted by Crippen LogP contribution is 2.22. The van der Waals surface area contributed by atoms with Gasteiger partial charge in [0, 0.05) is 18.8 Å². The van der Waals surface area contributed by atoms with Crippen molar-refractivity contribution in [1.29, 1.82) is 0 Å². The highest BCUT2D eigenvalue weighted by molar-refractivity contribution is 5.23. The molecule has 0 radical (unpaired) electrons. The van der Waals surface area contributed by atoms with E-state index in [2.05, 4.69) is 50.8 Å². The van der Waals surface area contributed by atoms with Gasteiger partial charge in [0.1, 0.15) is 0 Å². The van der Waals surface area contributed by atoms with Crippen LogP contribution in [0.15, 0.2) is 18.3 Å². The molecule has 0 N–H and O–H groups in total. The van der Waals surface area contributed by atoms with Crippen LogP contribution < -0.4 is 4.74 Å². The van der Waals surface area contributed by atoms with Crippen LogP contribution in [-0.2, 0) is 5.41 Å². The average Bonchev–Trinajstić information content (AvgIpc) is 2.23. The summed E-state index contributed by atoms with van der Waals surface area (Å²) in [5.74, 6) is 0.719. The van der Waals surface area contributed by atoms with E-state index in [9.17, 15) is 0 Å². The fourth-order valence-electron chi connectivity index (χ4n) is 1.47. The molecular weight excluding hydrogens is 212 g/mol. The molecule has 0 fully saturated rings. The number of aromatic nitrogens is 1. The second kappa shape index (κ2) is 6.01. The molecular formula is C14H24N2O. The Kier molecular flexibility index (Phi) is 4.94. The van der Waals surface area contributed by atoms with Crippen molar-refractivity contribution in [2.24, 2.45) is 0 Å². The first-order chi connectivity index (χ1) is 7.89. The molecule has 96 valence electrons. The predicted molar refractivity (Wildman–Crippen MR) is 71.6 cm³/mol. The van der Waals surface area contributed by atoms with E-state index in [1.54, 1.807) is 0 Å². The Bertz CT molecular complexity index is 325. The molecule has 0 bridgehead atoms. The number of ether oxygens (including phenoxy) is 1. The van der Waals surface area contributed by atoms with E-state index < -0.39 is 0 Å². The van der Waals surface area contributed by atoms with Gasteiger partial charge < -0.3 is 9.64 Å². The quantitative estimate of drug-likeness (QED) is 0.735. The first kappa shape index (κ1) is 14.0. The Morgan fingerprint density at radius 3 is 2.41 bits per heavy atom. The van der Waals surface area contributed by atoms with Gasteiger partial charge in [-0.15, -0.1) is 0 Å². The van der Waals surface area contributed by atoms with Gasteiger partial charge in [0.05, 0.1) is 6.61 Å². The summed E-state index contributed by atoms with van der Waals surface area (Å²) >= 11 is 0. The molecule has 3 nitrogen and oxygen atoms in total. The zero-order valence-corrected chi connectivity index (χ0v) is 11.7. The third-order valence-corrected chi connectivity index (χ3v) is 2.60. The van der Waals surface area contributed by atoms with Gasteiger partial charge >= 0.3 is 0 Å². The molecule has 0 atom stereocenters. The van der Waals surface area contributed by atoms with Crippen molar-refractivity contribution in [3.8, 4) is 5.88 Å². The molecule has 1 aromatic rings. The predicted octanol–water partition coefficient (Wildman–Crippen LogP) is 2.71. The van der Waals surface area contributed by atoms with Gasteiger partial charge in [0.2, 0.25) is 5.88 Å². The number of rotatable bonds is 5. The number of nitrogens with zero attached hydrogens (tertiary/aromatic N) is 2. The van der Waals surface area contributed by atoms with Gasteiger partial charge in [-0.05, 0) is 31.5 Å². The molecule has 0 saturated carbocycles.